The SMILES string of the molecule is [CH]1CCCCN1C/C=C/c1ccccc1. The Kier molecular flexibility index (Phi) is 3.98. The largest absolute Gasteiger partial charge is 0.295 e. The van der Waals surface area contributed by atoms with E-state index in [-0.39, 0.29) is 0 Å². The van der Waals surface area contributed by atoms with Gasteiger partial charge in [0.15, 0.2) is 0 Å². The fourth-order valence-corrected chi connectivity index (χ4v) is 1.88. The maximum absolute atomic E-state index is 2.41. The molecule has 0 amide bonds. The maximum atomic E-state index is 2.41. The summed E-state index contributed by atoms with van der Waals surface area (Å²) in [7, 11) is 0. The van der Waals surface area contributed by atoms with Gasteiger partial charge in [-0.1, -0.05) is 48.9 Å². The third kappa shape index (κ3) is 3.52. The molecule has 15 heavy (non-hydrogen) atoms. The highest BCUT2D eigenvalue weighted by molar-refractivity contribution is 5.48. The van der Waals surface area contributed by atoms with E-state index in [0.717, 1.165) is 6.54 Å². The van der Waals surface area contributed by atoms with Crippen LogP contribution in [0.2, 0.25) is 0 Å². The lowest BCUT2D eigenvalue weighted by Crippen LogP contribution is -2.25. The van der Waals surface area contributed by atoms with Crippen molar-refractivity contribution < 1.29 is 0 Å². The van der Waals surface area contributed by atoms with Gasteiger partial charge in [-0.2, -0.15) is 0 Å². The van der Waals surface area contributed by atoms with Crippen LogP contribution < -0.4 is 0 Å². The van der Waals surface area contributed by atoms with E-state index in [1.54, 1.807) is 0 Å². The summed E-state index contributed by atoms with van der Waals surface area (Å²) in [4.78, 5) is 2.41. The van der Waals surface area contributed by atoms with Crippen LogP contribution in [-0.2, 0) is 0 Å². The van der Waals surface area contributed by atoms with Crippen molar-refractivity contribution in [3.63, 3.8) is 0 Å². The summed E-state index contributed by atoms with van der Waals surface area (Å²) in [5, 5.41) is 0. The van der Waals surface area contributed by atoms with Gasteiger partial charge in [-0.05, 0) is 24.9 Å². The summed E-state index contributed by atoms with van der Waals surface area (Å²) in [5.41, 5.74) is 1.29. The molecule has 1 fully saturated rings. The molecule has 1 nitrogen and oxygen atoms in total. The number of nitrogens with zero attached hydrogens (tertiary/aromatic N) is 1. The normalized spacial score (nSPS) is 18.4. The molecule has 1 aromatic carbocycles. The molecule has 0 aromatic heterocycles. The second-order valence-corrected chi connectivity index (χ2v) is 3.99. The van der Waals surface area contributed by atoms with E-state index in [1.165, 1.54) is 31.4 Å². The zero-order valence-corrected chi connectivity index (χ0v) is 9.10. The van der Waals surface area contributed by atoms with E-state index in [2.05, 4.69) is 53.9 Å². The first-order valence-electron chi connectivity index (χ1n) is 5.74. The first kappa shape index (κ1) is 10.4. The van der Waals surface area contributed by atoms with Crippen LogP contribution in [0.1, 0.15) is 24.8 Å². The van der Waals surface area contributed by atoms with Crippen LogP contribution in [0.15, 0.2) is 36.4 Å². The van der Waals surface area contributed by atoms with Gasteiger partial charge in [-0.15, -0.1) is 0 Å². The number of hydrogen-bond donors (Lipinski definition) is 0. The predicted octanol–water partition coefficient (Wildman–Crippen LogP) is 3.35. The first-order valence-corrected chi connectivity index (χ1v) is 5.74. The van der Waals surface area contributed by atoms with Crippen molar-refractivity contribution in [1.82, 2.24) is 4.90 Å². The molecule has 0 bridgehead atoms. The van der Waals surface area contributed by atoms with Crippen LogP contribution in [0, 0.1) is 6.54 Å². The van der Waals surface area contributed by atoms with E-state index in [4.69, 9.17) is 0 Å². The van der Waals surface area contributed by atoms with Crippen molar-refractivity contribution in [3.05, 3.63) is 48.5 Å². The Bertz CT molecular complexity index is 296. The van der Waals surface area contributed by atoms with Gasteiger partial charge in [0.25, 0.3) is 0 Å². The van der Waals surface area contributed by atoms with Gasteiger partial charge in [0.1, 0.15) is 0 Å². The number of piperidine rings is 1. The van der Waals surface area contributed by atoms with E-state index in [9.17, 15) is 0 Å². The summed E-state index contributed by atoms with van der Waals surface area (Å²) >= 11 is 0. The fraction of sp³-hybridized carbons (Fsp3) is 0.357. The second kappa shape index (κ2) is 5.72. The van der Waals surface area contributed by atoms with Crippen LogP contribution >= 0.6 is 0 Å². The van der Waals surface area contributed by atoms with Crippen molar-refractivity contribution in [2.75, 3.05) is 13.1 Å². The third-order valence-corrected chi connectivity index (χ3v) is 2.74. The Hall–Kier alpha value is -1.08. The first-order chi connectivity index (χ1) is 7.45. The predicted molar refractivity (Wildman–Crippen MR) is 65.2 cm³/mol. The van der Waals surface area contributed by atoms with Crippen LogP contribution in [-0.4, -0.2) is 18.0 Å². The van der Waals surface area contributed by atoms with Crippen molar-refractivity contribution >= 4 is 6.08 Å². The number of rotatable bonds is 3. The van der Waals surface area contributed by atoms with Crippen LogP contribution in [0.3, 0.4) is 0 Å². The molecule has 1 heteroatoms. The van der Waals surface area contributed by atoms with Crippen molar-refractivity contribution in [2.45, 2.75) is 19.3 Å². The lowest BCUT2D eigenvalue weighted by molar-refractivity contribution is 0.308. The molecule has 0 aliphatic carbocycles. The molecule has 0 N–H and O–H groups in total. The Labute approximate surface area is 92.4 Å². The maximum Gasteiger partial charge on any atom is 0.0255 e. The summed E-state index contributed by atoms with van der Waals surface area (Å²) < 4.78 is 0. The van der Waals surface area contributed by atoms with Gasteiger partial charge in [0.05, 0.1) is 0 Å². The molecule has 0 saturated carbocycles. The van der Waals surface area contributed by atoms with Crippen molar-refractivity contribution in [2.24, 2.45) is 0 Å². The van der Waals surface area contributed by atoms with E-state index < -0.39 is 0 Å². The van der Waals surface area contributed by atoms with Gasteiger partial charge in [0.2, 0.25) is 0 Å². The molecule has 1 heterocycles. The number of hydrogen-bond acceptors (Lipinski definition) is 1. The molecule has 1 aliphatic rings. The Balaban J connectivity index is 1.79. The quantitative estimate of drug-likeness (QED) is 0.723. The van der Waals surface area contributed by atoms with E-state index in [1.807, 2.05) is 0 Å². The summed E-state index contributed by atoms with van der Waals surface area (Å²) in [6.07, 6.45) is 8.40. The molecule has 79 valence electrons. The molecule has 2 rings (SSSR count). The lowest BCUT2D eigenvalue weighted by atomic mass is 10.1. The molecule has 1 radical (unpaired) electrons. The smallest absolute Gasteiger partial charge is 0.0255 e. The minimum atomic E-state index is 1.05. The Morgan fingerprint density at radius 1 is 1.13 bits per heavy atom. The fourth-order valence-electron chi connectivity index (χ4n) is 1.88. The highest BCUT2D eigenvalue weighted by Crippen LogP contribution is 2.12. The molecule has 0 spiro atoms. The van der Waals surface area contributed by atoms with Gasteiger partial charge < -0.3 is 0 Å². The molecule has 1 aliphatic heterocycles. The lowest BCUT2D eigenvalue weighted by Gasteiger charge is -2.24. The number of benzene rings is 1. The monoisotopic (exact) mass is 200 g/mol. The summed E-state index contributed by atoms with van der Waals surface area (Å²) in [5.74, 6) is 0. The van der Waals surface area contributed by atoms with Gasteiger partial charge in [0, 0.05) is 13.1 Å². The molecule has 1 saturated heterocycles. The van der Waals surface area contributed by atoms with E-state index >= 15 is 0 Å². The topological polar surface area (TPSA) is 3.24 Å². The van der Waals surface area contributed by atoms with Gasteiger partial charge in [-0.25, -0.2) is 0 Å². The molecule has 0 unspecified atom stereocenters. The van der Waals surface area contributed by atoms with Gasteiger partial charge >= 0.3 is 0 Å². The minimum absolute atomic E-state index is 1.05. The Morgan fingerprint density at radius 3 is 2.73 bits per heavy atom. The highest BCUT2D eigenvalue weighted by Gasteiger charge is 2.07. The number of likely N-dealkylation sites (tertiary alicyclic amines) is 1. The summed E-state index contributed by atoms with van der Waals surface area (Å²) in [6, 6.07) is 10.5. The minimum Gasteiger partial charge on any atom is -0.295 e. The van der Waals surface area contributed by atoms with Crippen molar-refractivity contribution in [3.8, 4) is 0 Å². The molecular formula is C14H18N. The molecular weight excluding hydrogens is 182 g/mol. The average Bonchev–Trinajstić information content (AvgIpc) is 2.32. The molecule has 1 aromatic rings. The Morgan fingerprint density at radius 2 is 2.00 bits per heavy atom. The zero-order valence-electron chi connectivity index (χ0n) is 9.10. The zero-order chi connectivity index (χ0) is 10.3. The van der Waals surface area contributed by atoms with Crippen LogP contribution in [0.4, 0.5) is 0 Å². The highest BCUT2D eigenvalue weighted by atomic mass is 15.1. The third-order valence-electron chi connectivity index (χ3n) is 2.74. The van der Waals surface area contributed by atoms with Gasteiger partial charge in [-0.3, -0.25) is 4.90 Å². The molecule has 0 atom stereocenters. The van der Waals surface area contributed by atoms with Crippen LogP contribution in [0.5, 0.6) is 0 Å². The van der Waals surface area contributed by atoms with Crippen LogP contribution in [0.25, 0.3) is 6.08 Å². The second-order valence-electron chi connectivity index (χ2n) is 3.99. The van der Waals surface area contributed by atoms with E-state index in [0.29, 0.717) is 0 Å². The average molecular weight is 200 g/mol. The standard InChI is InChI=1S/C14H18N/c1-3-8-14(9-4-1)10-7-13-15-11-5-2-6-12-15/h1,3-4,7-11H,2,5-6,12-13H2/b10-7+. The summed E-state index contributed by atoms with van der Waals surface area (Å²) in [6.45, 7) is 4.60. The van der Waals surface area contributed by atoms with Crippen molar-refractivity contribution in [1.29, 1.82) is 0 Å².